The highest BCUT2D eigenvalue weighted by Gasteiger charge is 2.47. The quantitative estimate of drug-likeness (QED) is 0.214. The average Bonchev–Trinajstić information content (AvgIpc) is 3.14. The number of aliphatic hydroxyl groups is 1. The van der Waals surface area contributed by atoms with Crippen LogP contribution in [0.3, 0.4) is 0 Å². The lowest BCUT2D eigenvalue weighted by molar-refractivity contribution is -0.274. The van der Waals surface area contributed by atoms with Gasteiger partial charge in [-0.25, -0.2) is 0 Å². The Hall–Kier alpha value is -4.47. The van der Waals surface area contributed by atoms with Crippen molar-refractivity contribution < 1.29 is 42.1 Å². The highest BCUT2D eigenvalue weighted by molar-refractivity contribution is 6.51. The van der Waals surface area contributed by atoms with E-state index < -0.39 is 35.6 Å². The lowest BCUT2D eigenvalue weighted by Crippen LogP contribution is -2.29. The maximum atomic E-state index is 13.4. The van der Waals surface area contributed by atoms with Crippen LogP contribution in [0.15, 0.2) is 72.3 Å². The standard InChI is InChI=1S/C29H26F3NO6/c1-16(2)38-23-12-11-19(13-17(23)3)26(34)24-25(18-7-5-9-21(14-18)37-4)33(28(36)27(24)35)20-8-6-10-22(15-20)39-29(30,31)32/h5-16,25,34H,1-4H3/b26-24+. The summed E-state index contributed by atoms with van der Waals surface area (Å²) >= 11 is 0. The molecule has 3 aromatic rings. The van der Waals surface area contributed by atoms with Crippen molar-refractivity contribution in [1.29, 1.82) is 0 Å². The Labute approximate surface area is 223 Å². The molecule has 1 aliphatic rings. The minimum Gasteiger partial charge on any atom is -0.507 e. The molecule has 0 spiro atoms. The summed E-state index contributed by atoms with van der Waals surface area (Å²) in [6, 6.07) is 14.9. The van der Waals surface area contributed by atoms with E-state index in [0.29, 0.717) is 22.6 Å². The van der Waals surface area contributed by atoms with Gasteiger partial charge in [-0.05, 0) is 74.4 Å². The van der Waals surface area contributed by atoms with Crippen LogP contribution in [0.2, 0.25) is 0 Å². The summed E-state index contributed by atoms with van der Waals surface area (Å²) in [5, 5.41) is 11.4. The van der Waals surface area contributed by atoms with Gasteiger partial charge in [0.2, 0.25) is 0 Å². The van der Waals surface area contributed by atoms with Crippen LogP contribution in [0.4, 0.5) is 18.9 Å². The molecule has 3 aromatic carbocycles. The van der Waals surface area contributed by atoms with Crippen LogP contribution in [0.1, 0.15) is 36.6 Å². The van der Waals surface area contributed by atoms with E-state index in [-0.39, 0.29) is 22.9 Å². The predicted octanol–water partition coefficient (Wildman–Crippen LogP) is 6.32. The number of rotatable bonds is 7. The molecule has 1 fully saturated rings. The third kappa shape index (κ3) is 5.84. The number of ether oxygens (including phenoxy) is 3. The smallest absolute Gasteiger partial charge is 0.507 e. The van der Waals surface area contributed by atoms with E-state index in [1.54, 1.807) is 49.4 Å². The third-order valence-corrected chi connectivity index (χ3v) is 5.99. The number of carbonyl (C=O) groups excluding carboxylic acids is 2. The number of Topliss-reactive ketones (excluding diaryl/α,β-unsaturated/α-hetero) is 1. The van der Waals surface area contributed by atoms with Gasteiger partial charge in [0.15, 0.2) is 0 Å². The van der Waals surface area contributed by atoms with Gasteiger partial charge < -0.3 is 19.3 Å². The Morgan fingerprint density at radius 1 is 0.974 bits per heavy atom. The number of amides is 1. The molecule has 1 saturated heterocycles. The van der Waals surface area contributed by atoms with Crippen molar-refractivity contribution in [2.45, 2.75) is 39.3 Å². The SMILES string of the molecule is COc1cccc(C2/C(=C(\O)c3ccc(OC(C)C)c(C)c3)C(=O)C(=O)N2c2cccc(OC(F)(F)F)c2)c1. The first-order chi connectivity index (χ1) is 18.4. The maximum Gasteiger partial charge on any atom is 0.573 e. The van der Waals surface area contributed by atoms with Gasteiger partial charge in [0.25, 0.3) is 11.7 Å². The van der Waals surface area contributed by atoms with E-state index in [0.717, 1.165) is 17.0 Å². The molecule has 0 saturated carbocycles. The molecule has 1 atom stereocenters. The van der Waals surface area contributed by atoms with Gasteiger partial charge in [-0.15, -0.1) is 13.2 Å². The van der Waals surface area contributed by atoms with Crippen LogP contribution in [0.25, 0.3) is 5.76 Å². The van der Waals surface area contributed by atoms with Gasteiger partial charge in [0, 0.05) is 17.3 Å². The van der Waals surface area contributed by atoms with Gasteiger partial charge in [0.05, 0.1) is 24.8 Å². The van der Waals surface area contributed by atoms with Crippen LogP contribution >= 0.6 is 0 Å². The molecular formula is C29H26F3NO6. The summed E-state index contributed by atoms with van der Waals surface area (Å²) in [6.07, 6.45) is -5.04. The number of alkyl halides is 3. The van der Waals surface area contributed by atoms with Gasteiger partial charge in [-0.1, -0.05) is 18.2 Å². The van der Waals surface area contributed by atoms with Crippen LogP contribution in [-0.2, 0) is 9.59 Å². The number of methoxy groups -OCH3 is 1. The Morgan fingerprint density at radius 2 is 1.67 bits per heavy atom. The molecular weight excluding hydrogens is 515 g/mol. The molecule has 204 valence electrons. The molecule has 1 unspecified atom stereocenters. The highest BCUT2D eigenvalue weighted by Crippen LogP contribution is 2.44. The van der Waals surface area contributed by atoms with Crippen molar-refractivity contribution in [3.05, 3.63) is 89.0 Å². The van der Waals surface area contributed by atoms with Gasteiger partial charge in [-0.2, -0.15) is 0 Å². The fourth-order valence-electron chi connectivity index (χ4n) is 4.39. The minimum atomic E-state index is -4.96. The summed E-state index contributed by atoms with van der Waals surface area (Å²) in [6.45, 7) is 5.52. The molecule has 1 N–H and O–H groups in total. The van der Waals surface area contributed by atoms with E-state index >= 15 is 0 Å². The van der Waals surface area contributed by atoms with Crippen molar-refractivity contribution in [2.75, 3.05) is 12.0 Å². The number of aryl methyl sites for hydroxylation is 1. The number of anilines is 1. The Balaban J connectivity index is 1.89. The van der Waals surface area contributed by atoms with Gasteiger partial charge >= 0.3 is 6.36 Å². The van der Waals surface area contributed by atoms with E-state index in [2.05, 4.69) is 4.74 Å². The number of carbonyl (C=O) groups is 2. The molecule has 0 radical (unpaired) electrons. The molecule has 7 nitrogen and oxygen atoms in total. The first-order valence-corrected chi connectivity index (χ1v) is 12.0. The molecule has 0 aromatic heterocycles. The molecule has 0 aliphatic carbocycles. The lowest BCUT2D eigenvalue weighted by Gasteiger charge is -2.26. The molecule has 4 rings (SSSR count). The fraction of sp³-hybridized carbons (Fsp3) is 0.241. The van der Waals surface area contributed by atoms with Crippen LogP contribution in [0.5, 0.6) is 17.2 Å². The lowest BCUT2D eigenvalue weighted by atomic mass is 9.94. The number of hydrogen-bond donors (Lipinski definition) is 1. The fourth-order valence-corrected chi connectivity index (χ4v) is 4.39. The summed E-state index contributed by atoms with van der Waals surface area (Å²) in [7, 11) is 1.44. The number of benzene rings is 3. The Bertz CT molecular complexity index is 1450. The van der Waals surface area contributed by atoms with Gasteiger partial charge in [0.1, 0.15) is 23.0 Å². The second-order valence-electron chi connectivity index (χ2n) is 9.14. The van der Waals surface area contributed by atoms with Crippen molar-refractivity contribution in [1.82, 2.24) is 0 Å². The molecule has 1 aliphatic heterocycles. The average molecular weight is 542 g/mol. The van der Waals surface area contributed by atoms with Crippen LogP contribution in [0, 0.1) is 6.92 Å². The van der Waals surface area contributed by atoms with Crippen LogP contribution < -0.4 is 19.1 Å². The molecule has 10 heteroatoms. The van der Waals surface area contributed by atoms with E-state index in [1.165, 1.54) is 19.2 Å². The summed E-state index contributed by atoms with van der Waals surface area (Å²) < 4.78 is 53.7. The molecule has 39 heavy (non-hydrogen) atoms. The number of hydrogen-bond acceptors (Lipinski definition) is 6. The first-order valence-electron chi connectivity index (χ1n) is 12.0. The van der Waals surface area contributed by atoms with Crippen molar-refractivity contribution in [3.63, 3.8) is 0 Å². The molecule has 1 heterocycles. The Kier molecular flexibility index (Phi) is 7.58. The zero-order valence-electron chi connectivity index (χ0n) is 21.6. The topological polar surface area (TPSA) is 85.3 Å². The zero-order valence-corrected chi connectivity index (χ0v) is 21.6. The van der Waals surface area contributed by atoms with Crippen molar-refractivity contribution >= 4 is 23.1 Å². The predicted molar refractivity (Wildman–Crippen MR) is 138 cm³/mol. The summed E-state index contributed by atoms with van der Waals surface area (Å²) in [4.78, 5) is 27.8. The van der Waals surface area contributed by atoms with E-state index in [9.17, 15) is 27.9 Å². The van der Waals surface area contributed by atoms with Gasteiger partial charge in [-0.3, -0.25) is 14.5 Å². The van der Waals surface area contributed by atoms with E-state index in [4.69, 9.17) is 9.47 Å². The normalized spacial score (nSPS) is 17.0. The molecule has 0 bridgehead atoms. The number of halogens is 3. The summed E-state index contributed by atoms with van der Waals surface area (Å²) in [5.41, 5.74) is 1.10. The van der Waals surface area contributed by atoms with Crippen molar-refractivity contribution in [2.24, 2.45) is 0 Å². The second-order valence-corrected chi connectivity index (χ2v) is 9.14. The van der Waals surface area contributed by atoms with Crippen molar-refractivity contribution in [3.8, 4) is 17.2 Å². The number of aliphatic hydroxyl groups excluding tert-OH is 1. The second kappa shape index (κ2) is 10.7. The zero-order chi connectivity index (χ0) is 28.5. The molecule has 1 amide bonds. The van der Waals surface area contributed by atoms with E-state index in [1.807, 2.05) is 13.8 Å². The largest absolute Gasteiger partial charge is 0.573 e. The summed E-state index contributed by atoms with van der Waals surface area (Å²) in [5.74, 6) is -2.02. The monoisotopic (exact) mass is 541 g/mol. The first kappa shape index (κ1) is 27.6. The minimum absolute atomic E-state index is 0.0254. The number of ketones is 1. The maximum absolute atomic E-state index is 13.4. The third-order valence-electron chi connectivity index (χ3n) is 5.99. The Morgan fingerprint density at radius 3 is 2.31 bits per heavy atom. The number of nitrogens with zero attached hydrogens (tertiary/aromatic N) is 1. The van der Waals surface area contributed by atoms with Crippen LogP contribution in [-0.4, -0.2) is 36.4 Å². The highest BCUT2D eigenvalue weighted by atomic mass is 19.4.